The van der Waals surface area contributed by atoms with Crippen molar-refractivity contribution in [1.82, 2.24) is 9.88 Å². The molecule has 0 atom stereocenters. The zero-order valence-electron chi connectivity index (χ0n) is 11.2. The van der Waals surface area contributed by atoms with Gasteiger partial charge in [-0.1, -0.05) is 0 Å². The summed E-state index contributed by atoms with van der Waals surface area (Å²) in [6.45, 7) is 0.326. The van der Waals surface area contributed by atoms with Crippen molar-refractivity contribution in [1.29, 1.82) is 0 Å². The third-order valence-corrected chi connectivity index (χ3v) is 2.91. The molecule has 0 aliphatic heterocycles. The summed E-state index contributed by atoms with van der Waals surface area (Å²) in [6, 6.07) is 6.62. The first-order chi connectivity index (χ1) is 9.99. The van der Waals surface area contributed by atoms with Crippen LogP contribution in [0, 0.1) is 15.9 Å². The van der Waals surface area contributed by atoms with Gasteiger partial charge in [-0.15, -0.1) is 0 Å². The summed E-state index contributed by atoms with van der Waals surface area (Å²) in [5, 5.41) is 10.7. The van der Waals surface area contributed by atoms with E-state index < -0.39 is 22.3 Å². The number of carbonyl (C=O) groups is 1. The van der Waals surface area contributed by atoms with Crippen molar-refractivity contribution >= 4 is 11.6 Å². The third-order valence-electron chi connectivity index (χ3n) is 2.91. The average Bonchev–Trinajstić information content (AvgIpc) is 2.47. The lowest BCUT2D eigenvalue weighted by atomic mass is 10.1. The predicted octanol–water partition coefficient (Wildman–Crippen LogP) is 2.40. The third kappa shape index (κ3) is 3.38. The van der Waals surface area contributed by atoms with E-state index in [-0.39, 0.29) is 5.56 Å². The van der Waals surface area contributed by atoms with Gasteiger partial charge in [0, 0.05) is 37.6 Å². The van der Waals surface area contributed by atoms with Crippen LogP contribution in [-0.4, -0.2) is 27.8 Å². The zero-order chi connectivity index (χ0) is 15.4. The maximum atomic E-state index is 13.3. The summed E-state index contributed by atoms with van der Waals surface area (Å²) in [7, 11) is 1.57. The van der Waals surface area contributed by atoms with E-state index >= 15 is 0 Å². The van der Waals surface area contributed by atoms with Gasteiger partial charge in [0.1, 0.15) is 0 Å². The Bertz CT molecular complexity index is 676. The molecule has 0 saturated carbocycles. The van der Waals surface area contributed by atoms with Crippen LogP contribution in [0.4, 0.5) is 10.1 Å². The van der Waals surface area contributed by atoms with Gasteiger partial charge in [-0.05, 0) is 29.8 Å². The van der Waals surface area contributed by atoms with Gasteiger partial charge in [-0.25, -0.2) is 0 Å². The van der Waals surface area contributed by atoms with E-state index in [1.807, 2.05) is 0 Å². The van der Waals surface area contributed by atoms with E-state index in [0.29, 0.717) is 6.54 Å². The summed E-state index contributed by atoms with van der Waals surface area (Å²) in [4.78, 5) is 27.3. The fraction of sp³-hybridized carbons (Fsp3) is 0.143. The smallest absolute Gasteiger partial charge is 0.305 e. The summed E-state index contributed by atoms with van der Waals surface area (Å²) in [6.07, 6.45) is 3.22. The molecular formula is C14H12FN3O3. The quantitative estimate of drug-likeness (QED) is 0.639. The normalized spacial score (nSPS) is 10.2. The number of pyridine rings is 1. The highest BCUT2D eigenvalue weighted by molar-refractivity contribution is 5.94. The molecule has 0 radical (unpaired) electrons. The van der Waals surface area contributed by atoms with E-state index in [9.17, 15) is 19.3 Å². The number of aromatic nitrogens is 1. The van der Waals surface area contributed by atoms with Crippen LogP contribution in [0.25, 0.3) is 0 Å². The molecule has 1 aromatic heterocycles. The van der Waals surface area contributed by atoms with Gasteiger partial charge >= 0.3 is 5.69 Å². The number of hydrogen-bond donors (Lipinski definition) is 0. The molecule has 0 fully saturated rings. The largest absolute Gasteiger partial charge is 0.337 e. The fourth-order valence-corrected chi connectivity index (χ4v) is 1.84. The molecule has 0 bridgehead atoms. The molecule has 1 amide bonds. The first kappa shape index (κ1) is 14.6. The van der Waals surface area contributed by atoms with Gasteiger partial charge in [-0.2, -0.15) is 4.39 Å². The van der Waals surface area contributed by atoms with Crippen LogP contribution in [0.5, 0.6) is 0 Å². The van der Waals surface area contributed by atoms with Crippen LogP contribution >= 0.6 is 0 Å². The maximum Gasteiger partial charge on any atom is 0.305 e. The highest BCUT2D eigenvalue weighted by atomic mass is 19.1. The molecule has 0 N–H and O–H groups in total. The minimum atomic E-state index is -0.965. The van der Waals surface area contributed by atoms with Crippen LogP contribution in [-0.2, 0) is 6.54 Å². The molecular weight excluding hydrogens is 277 g/mol. The predicted molar refractivity (Wildman–Crippen MR) is 73.1 cm³/mol. The lowest BCUT2D eigenvalue weighted by Gasteiger charge is -2.17. The Balaban J connectivity index is 2.20. The van der Waals surface area contributed by atoms with Crippen LogP contribution in [0.1, 0.15) is 15.9 Å². The Morgan fingerprint density at radius 2 is 2.00 bits per heavy atom. The van der Waals surface area contributed by atoms with Crippen molar-refractivity contribution in [2.24, 2.45) is 0 Å². The lowest BCUT2D eigenvalue weighted by Crippen LogP contribution is -2.26. The Morgan fingerprint density at radius 1 is 1.33 bits per heavy atom. The summed E-state index contributed by atoms with van der Waals surface area (Å²) in [5.41, 5.74) is 0.232. The van der Waals surface area contributed by atoms with E-state index in [1.54, 1.807) is 31.6 Å². The van der Waals surface area contributed by atoms with E-state index in [4.69, 9.17) is 0 Å². The van der Waals surface area contributed by atoms with E-state index in [2.05, 4.69) is 4.98 Å². The first-order valence-electron chi connectivity index (χ1n) is 6.07. The van der Waals surface area contributed by atoms with Gasteiger partial charge in [0.15, 0.2) is 0 Å². The van der Waals surface area contributed by atoms with Gasteiger partial charge in [0.2, 0.25) is 5.82 Å². The number of benzene rings is 1. The summed E-state index contributed by atoms with van der Waals surface area (Å²) in [5.74, 6) is -1.39. The van der Waals surface area contributed by atoms with Gasteiger partial charge in [-0.3, -0.25) is 19.9 Å². The average molecular weight is 289 g/mol. The number of amides is 1. The molecule has 1 aromatic carbocycles. The number of nitrogens with zero attached hydrogens (tertiary/aromatic N) is 3. The van der Waals surface area contributed by atoms with Crippen LogP contribution in [0.2, 0.25) is 0 Å². The monoisotopic (exact) mass is 289 g/mol. The SMILES string of the molecule is CN(Cc1ccncc1)C(=O)c1ccc(F)c([N+](=O)[O-])c1. The molecule has 0 aliphatic rings. The number of rotatable bonds is 4. The number of nitro groups is 1. The van der Waals surface area contributed by atoms with Crippen molar-refractivity contribution in [2.45, 2.75) is 6.54 Å². The molecule has 0 saturated heterocycles. The molecule has 21 heavy (non-hydrogen) atoms. The molecule has 2 aromatic rings. The van der Waals surface area contributed by atoms with Crippen molar-refractivity contribution in [2.75, 3.05) is 7.05 Å². The van der Waals surface area contributed by atoms with Gasteiger partial charge < -0.3 is 4.90 Å². The molecule has 0 unspecified atom stereocenters. The fourth-order valence-electron chi connectivity index (χ4n) is 1.84. The minimum absolute atomic E-state index is 0.0691. The summed E-state index contributed by atoms with van der Waals surface area (Å²) >= 11 is 0. The number of nitro benzene ring substituents is 1. The summed E-state index contributed by atoms with van der Waals surface area (Å²) < 4.78 is 13.3. The molecule has 108 valence electrons. The molecule has 7 heteroatoms. The second kappa shape index (κ2) is 6.08. The molecule has 1 heterocycles. The Kier molecular flexibility index (Phi) is 4.22. The van der Waals surface area contributed by atoms with Crippen molar-refractivity contribution in [3.05, 3.63) is 69.8 Å². The maximum absolute atomic E-state index is 13.3. The van der Waals surface area contributed by atoms with Crippen molar-refractivity contribution in [3.63, 3.8) is 0 Å². The standard InChI is InChI=1S/C14H12FN3O3/c1-17(9-10-4-6-16-7-5-10)14(19)11-2-3-12(15)13(8-11)18(20)21/h2-8H,9H2,1H3. The highest BCUT2D eigenvalue weighted by Crippen LogP contribution is 2.19. The van der Waals surface area contributed by atoms with Crippen LogP contribution in [0.3, 0.4) is 0 Å². The first-order valence-corrected chi connectivity index (χ1v) is 6.07. The van der Waals surface area contributed by atoms with Gasteiger partial charge in [0.05, 0.1) is 4.92 Å². The zero-order valence-corrected chi connectivity index (χ0v) is 11.2. The second-order valence-corrected chi connectivity index (χ2v) is 4.44. The minimum Gasteiger partial charge on any atom is -0.337 e. The Morgan fingerprint density at radius 3 is 2.62 bits per heavy atom. The van der Waals surface area contributed by atoms with E-state index in [0.717, 1.165) is 17.7 Å². The Hall–Kier alpha value is -2.83. The number of halogens is 1. The van der Waals surface area contributed by atoms with Crippen LogP contribution < -0.4 is 0 Å². The highest BCUT2D eigenvalue weighted by Gasteiger charge is 2.19. The lowest BCUT2D eigenvalue weighted by molar-refractivity contribution is -0.387. The molecule has 6 nitrogen and oxygen atoms in total. The second-order valence-electron chi connectivity index (χ2n) is 4.44. The van der Waals surface area contributed by atoms with Crippen LogP contribution in [0.15, 0.2) is 42.7 Å². The van der Waals surface area contributed by atoms with E-state index in [1.165, 1.54) is 11.0 Å². The topological polar surface area (TPSA) is 76.3 Å². The molecule has 0 spiro atoms. The van der Waals surface area contributed by atoms with Crippen molar-refractivity contribution < 1.29 is 14.1 Å². The molecule has 2 rings (SSSR count). The number of carbonyl (C=O) groups excluding carboxylic acids is 1. The van der Waals surface area contributed by atoms with Gasteiger partial charge in [0.25, 0.3) is 5.91 Å². The number of hydrogen-bond acceptors (Lipinski definition) is 4. The molecule has 0 aliphatic carbocycles. The Labute approximate surface area is 120 Å². The van der Waals surface area contributed by atoms with Crippen molar-refractivity contribution in [3.8, 4) is 0 Å².